The lowest BCUT2D eigenvalue weighted by molar-refractivity contribution is -0.118. The Bertz CT molecular complexity index is 4740. The molecule has 0 spiro atoms. The van der Waals surface area contributed by atoms with Crippen molar-refractivity contribution < 1.29 is 28.5 Å². The summed E-state index contributed by atoms with van der Waals surface area (Å²) in [5.41, 5.74) is 21.8. The summed E-state index contributed by atoms with van der Waals surface area (Å²) in [7, 11) is 0. The van der Waals surface area contributed by atoms with E-state index in [0.29, 0.717) is 45.7 Å². The van der Waals surface area contributed by atoms with Crippen LogP contribution in [0.5, 0.6) is 28.7 Å². The number of aryl methyl sites for hydroxylation is 3. The van der Waals surface area contributed by atoms with Crippen LogP contribution in [-0.2, 0) is 79.2 Å². The summed E-state index contributed by atoms with van der Waals surface area (Å²) in [6, 6.07) is 47.8. The Morgan fingerprint density at radius 3 is 1.05 bits per heavy atom. The van der Waals surface area contributed by atoms with Crippen LogP contribution < -0.4 is 23.7 Å². The van der Waals surface area contributed by atoms with Crippen LogP contribution in [0.25, 0.3) is 0 Å². The molecule has 2 unspecified atom stereocenters. The number of rotatable bonds is 4. The van der Waals surface area contributed by atoms with E-state index < -0.39 is 21.7 Å². The lowest BCUT2D eigenvalue weighted by atomic mass is 9.80. The zero-order valence-corrected chi connectivity index (χ0v) is 66.1. The number of ether oxygens (including phenoxy) is 5. The number of aromatic amines is 5. The first-order valence-corrected chi connectivity index (χ1v) is 37.4. The molecular weight excluding hydrogens is 1270 g/mol. The molecule has 0 radical (unpaired) electrons. The highest BCUT2D eigenvalue weighted by Gasteiger charge is 2.45. The molecule has 4 aliphatic heterocycles. The van der Waals surface area contributed by atoms with Gasteiger partial charge in [-0.15, -0.1) is 0 Å². The lowest BCUT2D eigenvalue weighted by Gasteiger charge is -2.35. The molecule has 4 atom stereocenters. The van der Waals surface area contributed by atoms with Gasteiger partial charge in [-0.3, -0.25) is 4.79 Å². The van der Waals surface area contributed by atoms with Gasteiger partial charge in [0.1, 0.15) is 61.8 Å². The topological polar surface area (TPSA) is 142 Å². The number of aromatic nitrogens is 5. The first-order chi connectivity index (χ1) is 48.2. The number of fused-ring (bicyclic) bond motifs is 8. The fraction of sp³-hybridized carbons (Fsp3) is 0.446. The van der Waals surface area contributed by atoms with Gasteiger partial charge in [-0.05, 0) is 227 Å². The van der Waals surface area contributed by atoms with Gasteiger partial charge in [0.15, 0.2) is 5.78 Å². The van der Waals surface area contributed by atoms with Crippen molar-refractivity contribution >= 4 is 5.78 Å². The summed E-state index contributed by atoms with van der Waals surface area (Å²) < 4.78 is 36.2. The van der Waals surface area contributed by atoms with Gasteiger partial charge in [-0.2, -0.15) is 0 Å². The zero-order chi connectivity index (χ0) is 74.4. The highest BCUT2D eigenvalue weighted by molar-refractivity contribution is 5.77. The highest BCUT2D eigenvalue weighted by Crippen LogP contribution is 2.49. The maximum atomic E-state index is 11.0. The van der Waals surface area contributed by atoms with E-state index in [0.717, 1.165) is 125 Å². The maximum Gasteiger partial charge on any atom is 0.167 e. The summed E-state index contributed by atoms with van der Waals surface area (Å²) in [4.78, 5) is 30.3. The van der Waals surface area contributed by atoms with Crippen LogP contribution in [0.15, 0.2) is 140 Å². The molecule has 0 saturated carbocycles. The second kappa shape index (κ2) is 27.0. The molecule has 0 saturated heterocycles. The molecule has 11 nitrogen and oxygen atoms in total. The quantitative estimate of drug-likeness (QED) is 0.119. The van der Waals surface area contributed by atoms with Crippen LogP contribution in [-0.4, -0.2) is 63.7 Å². The van der Waals surface area contributed by atoms with Crippen molar-refractivity contribution in [2.75, 3.05) is 33.0 Å². The van der Waals surface area contributed by atoms with Gasteiger partial charge in [-0.1, -0.05) is 171 Å². The van der Waals surface area contributed by atoms with Gasteiger partial charge in [0.2, 0.25) is 0 Å². The van der Waals surface area contributed by atoms with Crippen molar-refractivity contribution in [3.8, 4) is 28.7 Å². The molecule has 0 amide bonds. The summed E-state index contributed by atoms with van der Waals surface area (Å²) in [5, 5.41) is 0. The molecule has 544 valence electrons. The molecule has 0 aliphatic carbocycles. The van der Waals surface area contributed by atoms with Gasteiger partial charge in [0, 0.05) is 77.2 Å². The average molecular weight is 1390 g/mol. The second-order valence-corrected chi connectivity index (χ2v) is 36.3. The van der Waals surface area contributed by atoms with Crippen LogP contribution in [0.3, 0.4) is 0 Å². The predicted molar refractivity (Wildman–Crippen MR) is 421 cm³/mol. The van der Waals surface area contributed by atoms with Gasteiger partial charge < -0.3 is 48.6 Å². The van der Waals surface area contributed by atoms with Crippen LogP contribution in [0.4, 0.5) is 0 Å². The lowest BCUT2D eigenvalue weighted by Crippen LogP contribution is -2.37. The van der Waals surface area contributed by atoms with Gasteiger partial charge >= 0.3 is 0 Å². The first kappa shape index (κ1) is 73.9. The first-order valence-electron chi connectivity index (χ1n) is 37.4. The minimum Gasteiger partial charge on any atom is -0.492 e. The summed E-state index contributed by atoms with van der Waals surface area (Å²) >= 11 is 0. The number of H-pyrrole nitrogens is 5. The number of nitrogens with one attached hydrogen (secondary N) is 5. The number of benzene rings is 5. The molecule has 11 heteroatoms. The maximum absolute atomic E-state index is 11.0. The van der Waals surface area contributed by atoms with Crippen molar-refractivity contribution in [2.45, 2.75) is 234 Å². The van der Waals surface area contributed by atoms with Gasteiger partial charge in [0.05, 0.1) is 21.7 Å². The number of carbonyl (C=O) groups is 1. The summed E-state index contributed by atoms with van der Waals surface area (Å²) in [5.74, 6) is 4.52. The van der Waals surface area contributed by atoms with Crippen molar-refractivity contribution in [1.82, 2.24) is 24.9 Å². The third-order valence-electron chi connectivity index (χ3n) is 22.6. The molecule has 0 fully saturated rings. The minimum atomic E-state index is -0.686. The molecule has 103 heavy (non-hydrogen) atoms. The van der Waals surface area contributed by atoms with E-state index in [4.69, 9.17) is 23.7 Å². The molecule has 5 N–H and O–H groups in total. The highest BCUT2D eigenvalue weighted by atomic mass is 16.5. The normalized spacial score (nSPS) is 20.1. The molecule has 14 rings (SSSR count). The summed E-state index contributed by atoms with van der Waals surface area (Å²) in [6.07, 6.45) is 6.47. The molecule has 14 bridgehead atoms. The standard InChI is InChI=1S/C72H86N4O4.C16H24O2.C4H5N/c1-42-28-50(66(5,6)7)33-44-30-46-35-52(68(11,12)13)37-48-31-47-36-51(67(8,9)10)34-45-29-43-32-49(65(2,3)4)18-19-53(43)77-38-69(14)54-20-22-56(73-54)70(15,39-78-62(42)44)57-24-25-59(75-57)72(17,41-80-64(46)48)61-27-26-60(76-61)71(16,40-79-63(45)47)58-23-21-55(69)74-58;1-7-13-9-14(16(4,5)6)8-11(2)15(13)18-10-12(3)17;1-2-4-5-3-1/h18-28,32-37,73-76H,29-31,38-41H2,1-17H3;8-9H,7,10H2,1-6H3;1-5H/t69?,70-,71?,72-;;/m0../s1. The molecular formula is C92H115N5O6. The fourth-order valence-corrected chi connectivity index (χ4v) is 15.3. The smallest absolute Gasteiger partial charge is 0.167 e. The minimum absolute atomic E-state index is 0.0522. The Labute approximate surface area is 614 Å². The van der Waals surface area contributed by atoms with E-state index in [1.54, 1.807) is 6.92 Å². The third kappa shape index (κ3) is 14.6. The number of hydrogen-bond donors (Lipinski definition) is 5. The number of ketones is 1. The Kier molecular flexibility index (Phi) is 19.4. The number of carbonyl (C=O) groups excluding carboxylic acids is 1. The fourth-order valence-electron chi connectivity index (χ4n) is 15.3. The van der Waals surface area contributed by atoms with E-state index in [1.807, 2.05) is 31.5 Å². The number of hydrogen-bond acceptors (Lipinski definition) is 6. The van der Waals surface area contributed by atoms with Crippen molar-refractivity contribution in [1.29, 1.82) is 0 Å². The molecule has 5 aromatic carbocycles. The van der Waals surface area contributed by atoms with Crippen LogP contribution in [0, 0.1) is 13.8 Å². The van der Waals surface area contributed by atoms with Crippen LogP contribution in [0.2, 0.25) is 0 Å². The van der Waals surface area contributed by atoms with Crippen molar-refractivity contribution in [3.05, 3.63) is 263 Å². The van der Waals surface area contributed by atoms with Crippen molar-refractivity contribution in [2.24, 2.45) is 0 Å². The van der Waals surface area contributed by atoms with Gasteiger partial charge in [-0.25, -0.2) is 0 Å². The molecule has 10 aromatic rings. The molecule has 4 aliphatic rings. The summed E-state index contributed by atoms with van der Waals surface area (Å²) in [6.45, 7) is 53.3. The van der Waals surface area contributed by atoms with E-state index in [-0.39, 0.29) is 39.5 Å². The Morgan fingerprint density at radius 2 is 0.709 bits per heavy atom. The van der Waals surface area contributed by atoms with E-state index in [2.05, 4.69) is 286 Å². The SMILES string of the molecule is CCc1cc(C(C)(C)C)cc(C)c1OCC(C)=O.Cc1cc(C(C)(C)C)cc2c1OC[C@@]1(C)c3ccc([nH]3)C3(C)COc4ccc(C(C)(C)C)cc4Cc4cc(C(C)(C)C)cc5c4OCC(C)(c4ccc3[nH]4)c3ccc([nH]3)[C@@](C)(COc3c(cc(C(C)(C)C)cc3C5)C2)c2ccc1[nH]2.c1cc[nH]c1. The second-order valence-electron chi connectivity index (χ2n) is 36.3. The Morgan fingerprint density at radius 1 is 0.398 bits per heavy atom. The van der Waals surface area contributed by atoms with E-state index >= 15 is 0 Å². The molecule has 5 aromatic heterocycles. The van der Waals surface area contributed by atoms with E-state index in [1.165, 1.54) is 33.4 Å². The monoisotopic (exact) mass is 1390 g/mol. The molecule has 9 heterocycles. The third-order valence-corrected chi connectivity index (χ3v) is 22.6. The Hall–Kier alpha value is -8.83. The van der Waals surface area contributed by atoms with Crippen molar-refractivity contribution in [3.63, 3.8) is 0 Å². The van der Waals surface area contributed by atoms with Gasteiger partial charge in [0.25, 0.3) is 0 Å². The van der Waals surface area contributed by atoms with Crippen LogP contribution >= 0.6 is 0 Å². The van der Waals surface area contributed by atoms with Crippen LogP contribution in [0.1, 0.15) is 269 Å². The van der Waals surface area contributed by atoms with E-state index in [9.17, 15) is 4.79 Å². The largest absolute Gasteiger partial charge is 0.492 e. The number of Topliss-reactive ketones (excluding diaryl/α,β-unsaturated/α-hetero) is 1. The predicted octanol–water partition coefficient (Wildman–Crippen LogP) is 20.9. The Balaban J connectivity index is 0.000000370. The zero-order valence-electron chi connectivity index (χ0n) is 66.1. The average Bonchev–Trinajstić information content (AvgIpc) is 1.64.